The van der Waals surface area contributed by atoms with Crippen LogP contribution < -0.4 is 4.72 Å². The molecule has 9 heteroatoms. The minimum absolute atomic E-state index is 0.00995. The third-order valence-corrected chi connectivity index (χ3v) is 7.03. The van der Waals surface area contributed by atoms with E-state index in [1.165, 1.54) is 0 Å². The molecule has 2 aliphatic heterocycles. The summed E-state index contributed by atoms with van der Waals surface area (Å²) >= 11 is 0. The molecule has 0 aliphatic carbocycles. The van der Waals surface area contributed by atoms with Crippen molar-refractivity contribution in [1.29, 1.82) is 0 Å². The van der Waals surface area contributed by atoms with Gasteiger partial charge in [0.1, 0.15) is 6.10 Å². The lowest BCUT2D eigenvalue weighted by molar-refractivity contribution is -0.145. The zero-order chi connectivity index (χ0) is 21.0. The van der Waals surface area contributed by atoms with Crippen molar-refractivity contribution in [2.75, 3.05) is 39.3 Å². The number of piperazine rings is 1. The van der Waals surface area contributed by atoms with Gasteiger partial charge in [0, 0.05) is 45.8 Å². The summed E-state index contributed by atoms with van der Waals surface area (Å²) in [5, 5.41) is 0. The molecule has 1 aromatic carbocycles. The third-order valence-electron chi connectivity index (χ3n) is 5.57. The molecule has 2 amide bonds. The molecular formula is C20H29N3O5S. The van der Waals surface area contributed by atoms with Crippen molar-refractivity contribution in [3.05, 3.63) is 29.3 Å². The standard InChI is InChI=1S/C20H29N3O5S/c1-15-5-6-17(14-16(15)2)29(26,27)21-8-7-19(24)22-9-11-23(12-10-22)20(25)18-4-3-13-28-18/h5-6,14,18,21H,3-4,7-13H2,1-2H3. The van der Waals surface area contributed by atoms with Gasteiger partial charge in [0.05, 0.1) is 4.90 Å². The topological polar surface area (TPSA) is 96.0 Å². The predicted octanol–water partition coefficient (Wildman–Crippen LogP) is 0.822. The maximum absolute atomic E-state index is 12.4. The molecule has 2 aliphatic rings. The van der Waals surface area contributed by atoms with Gasteiger partial charge in [-0.05, 0) is 49.9 Å². The van der Waals surface area contributed by atoms with Crippen molar-refractivity contribution in [3.8, 4) is 0 Å². The number of amides is 2. The van der Waals surface area contributed by atoms with Gasteiger partial charge in [-0.15, -0.1) is 0 Å². The Morgan fingerprint density at radius 1 is 1.10 bits per heavy atom. The van der Waals surface area contributed by atoms with Crippen molar-refractivity contribution in [1.82, 2.24) is 14.5 Å². The van der Waals surface area contributed by atoms with E-state index in [0.717, 1.165) is 24.0 Å². The molecule has 8 nitrogen and oxygen atoms in total. The lowest BCUT2D eigenvalue weighted by Gasteiger charge is -2.35. The molecule has 0 bridgehead atoms. The van der Waals surface area contributed by atoms with Crippen LogP contribution in [0.15, 0.2) is 23.1 Å². The monoisotopic (exact) mass is 423 g/mol. The van der Waals surface area contributed by atoms with Crippen LogP contribution in [-0.4, -0.2) is 75.5 Å². The molecule has 1 unspecified atom stereocenters. The molecule has 0 radical (unpaired) electrons. The molecular weight excluding hydrogens is 394 g/mol. The van der Waals surface area contributed by atoms with Crippen molar-refractivity contribution < 1.29 is 22.7 Å². The van der Waals surface area contributed by atoms with E-state index in [-0.39, 0.29) is 35.8 Å². The Morgan fingerprint density at radius 3 is 2.41 bits per heavy atom. The summed E-state index contributed by atoms with van der Waals surface area (Å²) in [5.41, 5.74) is 1.93. The van der Waals surface area contributed by atoms with Gasteiger partial charge in [-0.1, -0.05) is 6.07 Å². The Bertz CT molecular complexity index is 857. The first-order valence-corrected chi connectivity index (χ1v) is 11.5. The maximum Gasteiger partial charge on any atom is 0.251 e. The molecule has 0 saturated carbocycles. The smallest absolute Gasteiger partial charge is 0.251 e. The number of ether oxygens (including phenoxy) is 1. The van der Waals surface area contributed by atoms with Crippen LogP contribution in [0.3, 0.4) is 0 Å². The fourth-order valence-corrected chi connectivity index (χ4v) is 4.68. The number of benzene rings is 1. The summed E-state index contributed by atoms with van der Waals surface area (Å²) in [4.78, 5) is 28.4. The molecule has 2 saturated heterocycles. The summed E-state index contributed by atoms with van der Waals surface area (Å²) in [7, 11) is -3.64. The minimum Gasteiger partial charge on any atom is -0.368 e. The third kappa shape index (κ3) is 5.34. The fourth-order valence-electron chi connectivity index (χ4n) is 3.57. The molecule has 160 valence electrons. The Hall–Kier alpha value is -1.97. The fraction of sp³-hybridized carbons (Fsp3) is 0.600. The number of sulfonamides is 1. The SMILES string of the molecule is Cc1ccc(S(=O)(=O)NCCC(=O)N2CCN(C(=O)C3CCCO3)CC2)cc1C. The Kier molecular flexibility index (Phi) is 6.92. The number of nitrogens with zero attached hydrogens (tertiary/aromatic N) is 2. The van der Waals surface area contributed by atoms with E-state index in [1.54, 1.807) is 28.0 Å². The molecule has 1 aromatic rings. The molecule has 0 aromatic heterocycles. The summed E-state index contributed by atoms with van der Waals surface area (Å²) in [6.07, 6.45) is 1.42. The highest BCUT2D eigenvalue weighted by molar-refractivity contribution is 7.89. The van der Waals surface area contributed by atoms with Gasteiger partial charge in [0.15, 0.2) is 0 Å². The van der Waals surface area contributed by atoms with Crippen LogP contribution in [0.1, 0.15) is 30.4 Å². The average molecular weight is 424 g/mol. The quantitative estimate of drug-likeness (QED) is 0.731. The predicted molar refractivity (Wildman–Crippen MR) is 108 cm³/mol. The van der Waals surface area contributed by atoms with Gasteiger partial charge in [0.25, 0.3) is 5.91 Å². The largest absolute Gasteiger partial charge is 0.368 e. The average Bonchev–Trinajstić information content (AvgIpc) is 3.24. The maximum atomic E-state index is 12.4. The van der Waals surface area contributed by atoms with Crippen LogP contribution in [-0.2, 0) is 24.3 Å². The van der Waals surface area contributed by atoms with Gasteiger partial charge in [-0.2, -0.15) is 0 Å². The van der Waals surface area contributed by atoms with Gasteiger partial charge in [-0.25, -0.2) is 13.1 Å². The van der Waals surface area contributed by atoms with Crippen LogP contribution in [0.25, 0.3) is 0 Å². The van der Waals surface area contributed by atoms with E-state index in [4.69, 9.17) is 4.74 Å². The molecule has 29 heavy (non-hydrogen) atoms. The van der Waals surface area contributed by atoms with Crippen molar-refractivity contribution >= 4 is 21.8 Å². The molecule has 3 rings (SSSR count). The number of hydrogen-bond donors (Lipinski definition) is 1. The normalized spacial score (nSPS) is 20.1. The first-order chi connectivity index (χ1) is 13.8. The number of carbonyl (C=O) groups excluding carboxylic acids is 2. The first kappa shape index (κ1) is 21.7. The number of nitrogens with one attached hydrogen (secondary N) is 1. The Balaban J connectivity index is 1.44. The molecule has 2 fully saturated rings. The highest BCUT2D eigenvalue weighted by Crippen LogP contribution is 2.17. The summed E-state index contributed by atoms with van der Waals surface area (Å²) in [6.45, 7) is 6.35. The molecule has 0 spiro atoms. The number of carbonyl (C=O) groups is 2. The summed E-state index contributed by atoms with van der Waals surface area (Å²) in [6, 6.07) is 4.97. The zero-order valence-electron chi connectivity index (χ0n) is 17.0. The number of rotatable bonds is 6. The van der Waals surface area contributed by atoms with E-state index < -0.39 is 10.0 Å². The van der Waals surface area contributed by atoms with E-state index in [2.05, 4.69) is 4.72 Å². The van der Waals surface area contributed by atoms with E-state index in [0.29, 0.717) is 32.8 Å². The second-order valence-corrected chi connectivity index (χ2v) is 9.37. The van der Waals surface area contributed by atoms with Crippen LogP contribution in [0.2, 0.25) is 0 Å². The Morgan fingerprint density at radius 2 is 1.79 bits per heavy atom. The lowest BCUT2D eigenvalue weighted by Crippen LogP contribution is -2.53. The molecule has 1 atom stereocenters. The van der Waals surface area contributed by atoms with E-state index in [1.807, 2.05) is 13.8 Å². The van der Waals surface area contributed by atoms with Crippen LogP contribution in [0.4, 0.5) is 0 Å². The van der Waals surface area contributed by atoms with Crippen LogP contribution in [0, 0.1) is 13.8 Å². The van der Waals surface area contributed by atoms with Crippen LogP contribution in [0.5, 0.6) is 0 Å². The van der Waals surface area contributed by atoms with Crippen molar-refractivity contribution in [2.45, 2.75) is 44.1 Å². The Labute approximate surface area is 172 Å². The first-order valence-electron chi connectivity index (χ1n) is 10.0. The van der Waals surface area contributed by atoms with Gasteiger partial charge >= 0.3 is 0 Å². The number of aryl methyl sites for hydroxylation is 2. The number of hydrogen-bond acceptors (Lipinski definition) is 5. The molecule has 2 heterocycles. The van der Waals surface area contributed by atoms with Gasteiger partial charge < -0.3 is 14.5 Å². The second-order valence-electron chi connectivity index (χ2n) is 7.60. The zero-order valence-corrected chi connectivity index (χ0v) is 17.8. The van der Waals surface area contributed by atoms with Gasteiger partial charge in [-0.3, -0.25) is 9.59 Å². The highest BCUT2D eigenvalue weighted by Gasteiger charge is 2.31. The van der Waals surface area contributed by atoms with E-state index in [9.17, 15) is 18.0 Å². The second kappa shape index (κ2) is 9.23. The van der Waals surface area contributed by atoms with Crippen LogP contribution >= 0.6 is 0 Å². The lowest BCUT2D eigenvalue weighted by atomic mass is 10.1. The minimum atomic E-state index is -3.64. The van der Waals surface area contributed by atoms with Crippen molar-refractivity contribution in [3.63, 3.8) is 0 Å². The van der Waals surface area contributed by atoms with E-state index >= 15 is 0 Å². The summed E-state index contributed by atoms with van der Waals surface area (Å²) in [5.74, 6) is -0.104. The highest BCUT2D eigenvalue weighted by atomic mass is 32.2. The van der Waals surface area contributed by atoms with Crippen molar-refractivity contribution in [2.24, 2.45) is 0 Å². The van der Waals surface area contributed by atoms with Gasteiger partial charge in [0.2, 0.25) is 15.9 Å². The molecule has 1 N–H and O–H groups in total. The summed E-state index contributed by atoms with van der Waals surface area (Å²) < 4.78 is 32.8.